The van der Waals surface area contributed by atoms with E-state index >= 15 is 0 Å². The fraction of sp³-hybridized carbons (Fsp3) is 0.231. The van der Waals surface area contributed by atoms with E-state index in [0.717, 1.165) is 4.47 Å². The molecule has 12 heteroatoms. The molecule has 1 saturated heterocycles. The van der Waals surface area contributed by atoms with Crippen molar-refractivity contribution in [3.63, 3.8) is 0 Å². The average molecular weight is 646 g/mol. The van der Waals surface area contributed by atoms with Crippen LogP contribution < -0.4 is 0 Å². The second-order valence-electron chi connectivity index (χ2n) is 9.47. The number of rotatable bonds is 2. The van der Waals surface area contributed by atoms with Gasteiger partial charge in [-0.2, -0.15) is 0 Å². The van der Waals surface area contributed by atoms with E-state index in [9.17, 15) is 30.0 Å². The maximum Gasteiger partial charge on any atom is 0.347 e. The van der Waals surface area contributed by atoms with Crippen molar-refractivity contribution in [1.29, 1.82) is 0 Å². The molecule has 0 saturated carbocycles. The van der Waals surface area contributed by atoms with Gasteiger partial charge in [-0.05, 0) is 36.4 Å². The summed E-state index contributed by atoms with van der Waals surface area (Å²) in [7, 11) is 0. The number of aromatic amines is 1. The summed E-state index contributed by atoms with van der Waals surface area (Å²) < 4.78 is 14.2. The van der Waals surface area contributed by atoms with Crippen LogP contribution in [0.5, 0.6) is 0 Å². The Balaban J connectivity index is 1.72. The monoisotopic (exact) mass is 644 g/mol. The molecule has 7 rings (SSSR count). The fourth-order valence-corrected chi connectivity index (χ4v) is 6.51. The molecule has 2 aliphatic rings. The minimum absolute atomic E-state index is 0.0878. The summed E-state index contributed by atoms with van der Waals surface area (Å²) in [5.41, 5.74) is 2.35. The van der Waals surface area contributed by atoms with Crippen LogP contribution in [0, 0.1) is 0 Å². The van der Waals surface area contributed by atoms with Gasteiger partial charge in [0, 0.05) is 36.0 Å². The molecule has 4 heterocycles. The van der Waals surface area contributed by atoms with E-state index in [1.54, 1.807) is 22.8 Å². The van der Waals surface area contributed by atoms with Crippen molar-refractivity contribution in [2.75, 3.05) is 6.61 Å². The predicted molar refractivity (Wildman–Crippen MR) is 143 cm³/mol. The van der Waals surface area contributed by atoms with E-state index in [1.165, 1.54) is 0 Å². The van der Waals surface area contributed by atoms with E-state index in [-0.39, 0.29) is 11.1 Å². The number of ether oxygens (including phenoxy) is 2. The summed E-state index contributed by atoms with van der Waals surface area (Å²) in [6.45, 7) is -0.601. The average Bonchev–Trinajstić information content (AvgIpc) is 3.51. The molecule has 5 N–H and O–H groups in total. The highest BCUT2D eigenvalue weighted by Crippen LogP contribution is 2.47. The Labute approximate surface area is 229 Å². The number of fused-ring (bicyclic) bond motifs is 10. The zero-order valence-corrected chi connectivity index (χ0v) is 22.4. The summed E-state index contributed by atoms with van der Waals surface area (Å²) >= 11 is 6.95. The van der Waals surface area contributed by atoms with Crippen molar-refractivity contribution in [2.24, 2.45) is 0 Å². The fourth-order valence-electron chi connectivity index (χ4n) is 5.79. The first-order valence-electron chi connectivity index (χ1n) is 11.7. The van der Waals surface area contributed by atoms with Gasteiger partial charge in [-0.25, -0.2) is 9.59 Å². The lowest BCUT2D eigenvalue weighted by Crippen LogP contribution is -2.56. The standard InChI is InChI=1S/C26H18Br2N2O8/c27-8-1-3-12-10(5-8)15-17-18(26(36)38-25(17)35)16-11-6-9(28)2-4-13(11)30(20(16)19(15)29-12)24-23(34)22(33)21(32)14(7-31)37-24/h1-6,14,21-24,29,31-34H,7H2/t14-,21-,22+,23-,24-/m1/s1. The number of nitrogens with one attached hydrogen (secondary N) is 1. The zero-order valence-electron chi connectivity index (χ0n) is 19.2. The number of esters is 2. The molecular formula is C26H18Br2N2O8. The third-order valence-corrected chi connectivity index (χ3v) is 8.41. The Morgan fingerprint density at radius 3 is 2.24 bits per heavy atom. The SMILES string of the molecule is O=C1OC(=O)c2c1c1c3cc(Br)ccc3[nH]c1c1c2c2cc(Br)ccc2n1[C@@H]1O[C@H](CO)[C@@H](O)[C@H](O)[C@H]1O. The van der Waals surface area contributed by atoms with Gasteiger partial charge < -0.3 is 39.5 Å². The van der Waals surface area contributed by atoms with Crippen LogP contribution in [0.25, 0.3) is 43.6 Å². The molecule has 5 aromatic rings. The lowest BCUT2D eigenvalue weighted by atomic mass is 9.96. The summed E-state index contributed by atoms with van der Waals surface area (Å²) in [4.78, 5) is 29.6. The van der Waals surface area contributed by atoms with Gasteiger partial charge >= 0.3 is 11.9 Å². The van der Waals surface area contributed by atoms with E-state index in [2.05, 4.69) is 36.8 Å². The Hall–Kier alpha value is -2.84. The van der Waals surface area contributed by atoms with Crippen molar-refractivity contribution in [3.8, 4) is 0 Å². The number of aliphatic hydroxyl groups is 4. The van der Waals surface area contributed by atoms with Crippen LogP contribution >= 0.6 is 31.9 Å². The Morgan fingerprint density at radius 2 is 1.53 bits per heavy atom. The van der Waals surface area contributed by atoms with Gasteiger partial charge in [0.05, 0.1) is 34.3 Å². The van der Waals surface area contributed by atoms with Crippen molar-refractivity contribution >= 4 is 87.4 Å². The molecule has 0 bridgehead atoms. The summed E-state index contributed by atoms with van der Waals surface area (Å²) in [6.07, 6.45) is -7.18. The molecule has 0 unspecified atom stereocenters. The number of aromatic nitrogens is 2. The second kappa shape index (κ2) is 8.33. The van der Waals surface area contributed by atoms with Gasteiger partial charge in [-0.1, -0.05) is 31.9 Å². The number of carbonyl (C=O) groups excluding carboxylic acids is 2. The quantitative estimate of drug-likeness (QED) is 0.145. The summed E-state index contributed by atoms with van der Waals surface area (Å²) in [5, 5.41) is 44.0. The van der Waals surface area contributed by atoms with E-state index in [1.807, 2.05) is 18.2 Å². The largest absolute Gasteiger partial charge is 0.394 e. The highest BCUT2D eigenvalue weighted by Gasteiger charge is 2.46. The predicted octanol–water partition coefficient (Wildman–Crippen LogP) is 3.24. The molecule has 3 aromatic carbocycles. The minimum Gasteiger partial charge on any atom is -0.394 e. The number of aliphatic hydroxyl groups excluding tert-OH is 4. The summed E-state index contributed by atoms with van der Waals surface area (Å²) in [6, 6.07) is 10.8. The van der Waals surface area contributed by atoms with E-state index in [0.29, 0.717) is 48.1 Å². The third-order valence-electron chi connectivity index (χ3n) is 7.43. The van der Waals surface area contributed by atoms with Gasteiger partial charge in [0.25, 0.3) is 0 Å². The van der Waals surface area contributed by atoms with Crippen LogP contribution in [0.4, 0.5) is 0 Å². The molecule has 0 amide bonds. The first kappa shape index (κ1) is 24.2. The maximum absolute atomic E-state index is 13.2. The molecule has 0 spiro atoms. The number of hydrogen-bond donors (Lipinski definition) is 5. The molecule has 1 fully saturated rings. The number of carbonyl (C=O) groups is 2. The van der Waals surface area contributed by atoms with Crippen LogP contribution in [0.15, 0.2) is 45.3 Å². The molecule has 0 radical (unpaired) electrons. The van der Waals surface area contributed by atoms with Crippen LogP contribution in [0.1, 0.15) is 26.9 Å². The summed E-state index contributed by atoms with van der Waals surface area (Å²) in [5.74, 6) is -1.56. The molecule has 0 aliphatic carbocycles. The van der Waals surface area contributed by atoms with Crippen molar-refractivity contribution in [1.82, 2.24) is 9.55 Å². The van der Waals surface area contributed by atoms with Crippen molar-refractivity contribution in [3.05, 3.63) is 56.5 Å². The van der Waals surface area contributed by atoms with Crippen LogP contribution in [0.2, 0.25) is 0 Å². The normalized spacial score (nSPS) is 25.7. The second-order valence-corrected chi connectivity index (χ2v) is 11.3. The minimum atomic E-state index is -1.62. The molecule has 2 aliphatic heterocycles. The smallest absolute Gasteiger partial charge is 0.347 e. The van der Waals surface area contributed by atoms with Crippen molar-refractivity contribution < 1.29 is 39.5 Å². The van der Waals surface area contributed by atoms with Gasteiger partial charge in [-0.15, -0.1) is 0 Å². The first-order valence-corrected chi connectivity index (χ1v) is 13.3. The number of hydrogen-bond acceptors (Lipinski definition) is 8. The molecule has 38 heavy (non-hydrogen) atoms. The van der Waals surface area contributed by atoms with Crippen LogP contribution in [0.3, 0.4) is 0 Å². The van der Waals surface area contributed by atoms with Gasteiger partial charge in [0.2, 0.25) is 0 Å². The van der Waals surface area contributed by atoms with Crippen molar-refractivity contribution in [2.45, 2.75) is 30.6 Å². The highest BCUT2D eigenvalue weighted by molar-refractivity contribution is 9.10. The molecule has 5 atom stereocenters. The topological polar surface area (TPSA) is 154 Å². The lowest BCUT2D eigenvalue weighted by molar-refractivity contribution is -0.249. The Kier molecular flexibility index (Phi) is 5.31. The molecule has 2 aromatic heterocycles. The highest BCUT2D eigenvalue weighted by atomic mass is 79.9. The van der Waals surface area contributed by atoms with Crippen LogP contribution in [-0.2, 0) is 9.47 Å². The number of halogens is 2. The van der Waals surface area contributed by atoms with Gasteiger partial charge in [0.15, 0.2) is 6.23 Å². The number of benzene rings is 3. The molecule has 194 valence electrons. The number of cyclic esters (lactones) is 2. The maximum atomic E-state index is 13.2. The number of H-pyrrole nitrogens is 1. The third kappa shape index (κ3) is 3.10. The lowest BCUT2D eigenvalue weighted by Gasteiger charge is -2.41. The Bertz CT molecular complexity index is 1860. The van der Waals surface area contributed by atoms with E-state index in [4.69, 9.17) is 9.47 Å². The molecular weight excluding hydrogens is 628 g/mol. The van der Waals surface area contributed by atoms with E-state index < -0.39 is 49.2 Å². The van der Waals surface area contributed by atoms with Gasteiger partial charge in [0.1, 0.15) is 24.4 Å². The number of nitrogens with zero attached hydrogens (tertiary/aromatic N) is 1. The Morgan fingerprint density at radius 1 is 0.868 bits per heavy atom. The van der Waals surface area contributed by atoms with Crippen LogP contribution in [-0.4, -0.2) is 72.9 Å². The molecule has 10 nitrogen and oxygen atoms in total. The zero-order chi connectivity index (χ0) is 26.6. The van der Waals surface area contributed by atoms with Gasteiger partial charge in [-0.3, -0.25) is 0 Å². The first-order chi connectivity index (χ1) is 18.2.